The van der Waals surface area contributed by atoms with Gasteiger partial charge in [0.1, 0.15) is 0 Å². The molecule has 0 saturated carbocycles. The largest absolute Gasteiger partial charge is 0.477 e. The summed E-state index contributed by atoms with van der Waals surface area (Å²) in [6.07, 6.45) is 1.54. The van der Waals surface area contributed by atoms with Crippen LogP contribution in [0.25, 0.3) is 0 Å². The zero-order valence-corrected chi connectivity index (χ0v) is 11.6. The Balaban J connectivity index is 1.89. The Morgan fingerprint density at radius 3 is 2.86 bits per heavy atom. The molecule has 3 N–H and O–H groups in total. The number of aromatic carboxylic acids is 1. The second kappa shape index (κ2) is 6.16. The van der Waals surface area contributed by atoms with Crippen molar-refractivity contribution in [2.75, 3.05) is 6.54 Å². The van der Waals surface area contributed by atoms with E-state index in [4.69, 9.17) is 9.63 Å². The molecule has 9 heteroatoms. The molecule has 9 nitrogen and oxygen atoms in total. The quantitative estimate of drug-likeness (QED) is 0.709. The van der Waals surface area contributed by atoms with E-state index in [0.717, 1.165) is 6.33 Å². The summed E-state index contributed by atoms with van der Waals surface area (Å²) in [5.74, 6) is -0.641. The number of H-pyrrole nitrogens is 1. The number of carbonyl (C=O) groups excluding carboxylic acids is 1. The molecule has 2 aromatic rings. The molecule has 21 heavy (non-hydrogen) atoms. The number of nitrogens with zero attached hydrogens (tertiary/aromatic N) is 3. The summed E-state index contributed by atoms with van der Waals surface area (Å²) in [6, 6.07) is 0. The molecule has 0 aromatic carbocycles. The van der Waals surface area contributed by atoms with Crippen LogP contribution in [0.15, 0.2) is 10.9 Å². The minimum absolute atomic E-state index is 0.142. The Labute approximate surface area is 119 Å². The van der Waals surface area contributed by atoms with Gasteiger partial charge in [0.2, 0.25) is 5.89 Å². The minimum atomic E-state index is -1.24. The number of hydrogen-bond donors (Lipinski definition) is 3. The predicted octanol–water partition coefficient (Wildman–Crippen LogP) is 0.587. The Morgan fingerprint density at radius 2 is 2.24 bits per heavy atom. The SMILES string of the molecule is CC(C)c1nc(CCNC(=O)c2nc[nH]c2C(=O)O)no1. The molecule has 0 aliphatic heterocycles. The monoisotopic (exact) mass is 293 g/mol. The molecule has 0 bridgehead atoms. The van der Waals surface area contributed by atoms with Gasteiger partial charge in [-0.05, 0) is 0 Å². The van der Waals surface area contributed by atoms with Crippen LogP contribution < -0.4 is 5.32 Å². The lowest BCUT2D eigenvalue weighted by Crippen LogP contribution is -2.27. The summed E-state index contributed by atoms with van der Waals surface area (Å²) in [5.41, 5.74) is -0.396. The molecule has 0 saturated heterocycles. The number of carbonyl (C=O) groups is 2. The summed E-state index contributed by atoms with van der Waals surface area (Å²) in [4.78, 5) is 32.9. The average Bonchev–Trinajstić information content (AvgIpc) is 3.07. The molecule has 1 amide bonds. The van der Waals surface area contributed by atoms with Crippen LogP contribution in [0.3, 0.4) is 0 Å². The third-order valence-electron chi connectivity index (χ3n) is 2.68. The Bertz CT molecular complexity index is 646. The van der Waals surface area contributed by atoms with Crippen LogP contribution in [0.2, 0.25) is 0 Å². The number of nitrogens with one attached hydrogen (secondary N) is 2. The summed E-state index contributed by atoms with van der Waals surface area (Å²) >= 11 is 0. The predicted molar refractivity (Wildman–Crippen MR) is 70.0 cm³/mol. The third-order valence-corrected chi connectivity index (χ3v) is 2.68. The molecule has 0 aliphatic carbocycles. The van der Waals surface area contributed by atoms with Crippen molar-refractivity contribution in [2.45, 2.75) is 26.2 Å². The van der Waals surface area contributed by atoms with Gasteiger partial charge in [-0.3, -0.25) is 4.79 Å². The molecular formula is C12H15N5O4. The second-order valence-corrected chi connectivity index (χ2v) is 4.64. The van der Waals surface area contributed by atoms with Crippen LogP contribution in [-0.2, 0) is 6.42 Å². The Kier molecular flexibility index (Phi) is 4.31. The van der Waals surface area contributed by atoms with Gasteiger partial charge in [0.15, 0.2) is 17.2 Å². The lowest BCUT2D eigenvalue weighted by atomic mass is 10.2. The van der Waals surface area contributed by atoms with Gasteiger partial charge in [0, 0.05) is 18.9 Å². The van der Waals surface area contributed by atoms with Crippen LogP contribution >= 0.6 is 0 Å². The number of rotatable bonds is 6. The number of hydrogen-bond acceptors (Lipinski definition) is 6. The van der Waals surface area contributed by atoms with Gasteiger partial charge in [-0.1, -0.05) is 19.0 Å². The van der Waals surface area contributed by atoms with E-state index in [0.29, 0.717) is 18.1 Å². The first-order chi connectivity index (χ1) is 9.99. The molecule has 0 unspecified atom stereocenters. The first kappa shape index (κ1) is 14.7. The highest BCUT2D eigenvalue weighted by Crippen LogP contribution is 2.10. The lowest BCUT2D eigenvalue weighted by Gasteiger charge is -2.01. The normalized spacial score (nSPS) is 10.8. The van der Waals surface area contributed by atoms with E-state index in [9.17, 15) is 9.59 Å². The van der Waals surface area contributed by atoms with E-state index >= 15 is 0 Å². The number of amides is 1. The zero-order chi connectivity index (χ0) is 15.4. The molecule has 2 heterocycles. The van der Waals surface area contributed by atoms with Crippen molar-refractivity contribution in [3.05, 3.63) is 29.4 Å². The maximum Gasteiger partial charge on any atom is 0.354 e. The Hall–Kier alpha value is -2.71. The van der Waals surface area contributed by atoms with E-state index < -0.39 is 11.9 Å². The van der Waals surface area contributed by atoms with Crippen LogP contribution in [-0.4, -0.2) is 43.6 Å². The molecule has 0 radical (unpaired) electrons. The van der Waals surface area contributed by atoms with Crippen molar-refractivity contribution >= 4 is 11.9 Å². The van der Waals surface area contributed by atoms with Gasteiger partial charge in [-0.25, -0.2) is 9.78 Å². The number of imidazole rings is 1. The highest BCUT2D eigenvalue weighted by Gasteiger charge is 2.19. The number of aromatic nitrogens is 4. The Morgan fingerprint density at radius 1 is 1.48 bits per heavy atom. The molecule has 2 aromatic heterocycles. The van der Waals surface area contributed by atoms with E-state index in [2.05, 4.69) is 25.4 Å². The molecule has 0 spiro atoms. The molecular weight excluding hydrogens is 278 g/mol. The van der Waals surface area contributed by atoms with E-state index in [-0.39, 0.29) is 23.9 Å². The zero-order valence-electron chi connectivity index (χ0n) is 11.6. The van der Waals surface area contributed by atoms with Gasteiger partial charge in [-0.2, -0.15) is 4.98 Å². The first-order valence-corrected chi connectivity index (χ1v) is 6.36. The van der Waals surface area contributed by atoms with Crippen LogP contribution in [0.1, 0.15) is 52.5 Å². The van der Waals surface area contributed by atoms with Gasteiger partial charge in [-0.15, -0.1) is 0 Å². The minimum Gasteiger partial charge on any atom is -0.477 e. The van der Waals surface area contributed by atoms with Gasteiger partial charge >= 0.3 is 5.97 Å². The fraction of sp³-hybridized carbons (Fsp3) is 0.417. The van der Waals surface area contributed by atoms with Gasteiger partial charge in [0.25, 0.3) is 5.91 Å². The number of aromatic amines is 1. The molecule has 0 fully saturated rings. The van der Waals surface area contributed by atoms with Crippen LogP contribution in [0.5, 0.6) is 0 Å². The highest BCUT2D eigenvalue weighted by molar-refractivity contribution is 6.02. The van der Waals surface area contributed by atoms with Crippen molar-refractivity contribution in [1.29, 1.82) is 0 Å². The topological polar surface area (TPSA) is 134 Å². The smallest absolute Gasteiger partial charge is 0.354 e. The fourth-order valence-corrected chi connectivity index (χ4v) is 1.60. The summed E-state index contributed by atoms with van der Waals surface area (Å²) in [6.45, 7) is 4.12. The average molecular weight is 293 g/mol. The van der Waals surface area contributed by atoms with Crippen molar-refractivity contribution in [3.63, 3.8) is 0 Å². The number of carboxylic acid groups (broad SMARTS) is 1. The molecule has 0 atom stereocenters. The number of carboxylic acids is 1. The fourth-order valence-electron chi connectivity index (χ4n) is 1.60. The van der Waals surface area contributed by atoms with E-state index in [1.165, 1.54) is 0 Å². The van der Waals surface area contributed by atoms with Crippen LogP contribution in [0, 0.1) is 0 Å². The van der Waals surface area contributed by atoms with Crippen molar-refractivity contribution in [1.82, 2.24) is 25.4 Å². The third kappa shape index (κ3) is 3.44. The maximum absolute atomic E-state index is 11.8. The summed E-state index contributed by atoms with van der Waals surface area (Å²) in [7, 11) is 0. The van der Waals surface area contributed by atoms with E-state index in [1.807, 2.05) is 13.8 Å². The van der Waals surface area contributed by atoms with Gasteiger partial charge < -0.3 is 19.9 Å². The first-order valence-electron chi connectivity index (χ1n) is 6.36. The highest BCUT2D eigenvalue weighted by atomic mass is 16.5. The van der Waals surface area contributed by atoms with Crippen LogP contribution in [0.4, 0.5) is 0 Å². The second-order valence-electron chi connectivity index (χ2n) is 4.64. The van der Waals surface area contributed by atoms with Crippen molar-refractivity contribution < 1.29 is 19.2 Å². The summed E-state index contributed by atoms with van der Waals surface area (Å²) in [5, 5.41) is 15.2. The van der Waals surface area contributed by atoms with Gasteiger partial charge in [0.05, 0.1) is 6.33 Å². The standard InChI is InChI=1S/C12H15N5O4/c1-6(2)11-16-7(17-21-11)3-4-13-10(18)8-9(12(19)20)15-5-14-8/h5-6H,3-4H2,1-2H3,(H,13,18)(H,14,15)(H,19,20). The van der Waals surface area contributed by atoms with Crippen molar-refractivity contribution in [3.8, 4) is 0 Å². The molecule has 2 rings (SSSR count). The summed E-state index contributed by atoms with van der Waals surface area (Å²) < 4.78 is 5.04. The van der Waals surface area contributed by atoms with E-state index in [1.54, 1.807) is 0 Å². The van der Waals surface area contributed by atoms with Crippen molar-refractivity contribution in [2.24, 2.45) is 0 Å². The lowest BCUT2D eigenvalue weighted by molar-refractivity contribution is 0.0685. The molecule has 0 aliphatic rings. The molecule has 112 valence electrons. The maximum atomic E-state index is 11.8.